The molecular weight excluding hydrogens is 339 g/mol. The molecule has 0 bridgehead atoms. The molecule has 5 N–H and O–H groups in total. The van der Waals surface area contributed by atoms with E-state index in [2.05, 4.69) is 11.2 Å². The maximum atomic E-state index is 10.1. The topological polar surface area (TPSA) is 101 Å². The molecule has 0 aliphatic rings. The highest BCUT2D eigenvalue weighted by atomic mass is 35.7. The lowest BCUT2D eigenvalue weighted by Gasteiger charge is -2.15. The molecule has 7 heteroatoms. The fourth-order valence-electron chi connectivity index (χ4n) is 2.54. The average Bonchev–Trinajstić information content (AvgIpc) is 2.28. The molecule has 0 saturated heterocycles. The van der Waals surface area contributed by atoms with Gasteiger partial charge in [-0.25, -0.2) is 0 Å². The van der Waals surface area contributed by atoms with Crippen LogP contribution in [0.5, 0.6) is 11.5 Å². The standard InChI is InChI=1S/C16H18O2.ClH3O3P/c1-9-5-11(3)15(13(17)7-9)16-12(4)6-10(2)8-14(16)18;1-5(2,3)4/h5-8,17-18H,1-4H3;2-4H/q;+1. The van der Waals surface area contributed by atoms with Crippen molar-refractivity contribution in [3.63, 3.8) is 0 Å². The molecular formula is C16H21ClO5P+. The van der Waals surface area contributed by atoms with Crippen LogP contribution in [0.25, 0.3) is 11.1 Å². The molecule has 0 heterocycles. The van der Waals surface area contributed by atoms with Crippen LogP contribution in [0.1, 0.15) is 22.3 Å². The second-order valence-corrected chi connectivity index (χ2v) is 7.80. The van der Waals surface area contributed by atoms with Crippen molar-refractivity contribution in [2.45, 2.75) is 27.7 Å². The van der Waals surface area contributed by atoms with Gasteiger partial charge in [-0.15, -0.1) is 0 Å². The molecule has 0 unspecified atom stereocenters. The van der Waals surface area contributed by atoms with Gasteiger partial charge in [0.2, 0.25) is 0 Å². The first-order chi connectivity index (χ1) is 10.4. The van der Waals surface area contributed by atoms with E-state index in [1.807, 2.05) is 39.8 Å². The quantitative estimate of drug-likeness (QED) is 0.497. The van der Waals surface area contributed by atoms with E-state index < -0.39 is 7.30 Å². The average molecular weight is 360 g/mol. The first-order valence-electron chi connectivity index (χ1n) is 6.78. The van der Waals surface area contributed by atoms with Crippen molar-refractivity contribution in [1.82, 2.24) is 0 Å². The second-order valence-electron chi connectivity index (χ2n) is 5.45. The molecule has 2 rings (SSSR count). The number of aromatic hydroxyl groups is 2. The fraction of sp³-hybridized carbons (Fsp3) is 0.250. The monoisotopic (exact) mass is 359 g/mol. The van der Waals surface area contributed by atoms with Crippen LogP contribution >= 0.6 is 18.5 Å². The van der Waals surface area contributed by atoms with Gasteiger partial charge in [0.1, 0.15) is 11.5 Å². The lowest BCUT2D eigenvalue weighted by Crippen LogP contribution is -1.91. The molecule has 0 spiro atoms. The van der Waals surface area contributed by atoms with Crippen LogP contribution < -0.4 is 0 Å². The van der Waals surface area contributed by atoms with Crippen molar-refractivity contribution in [3.8, 4) is 22.6 Å². The Kier molecular flexibility index (Phi) is 6.40. The van der Waals surface area contributed by atoms with E-state index in [9.17, 15) is 10.2 Å². The van der Waals surface area contributed by atoms with Gasteiger partial charge in [0.25, 0.3) is 0 Å². The predicted octanol–water partition coefficient (Wildman–Crippen LogP) is 3.88. The van der Waals surface area contributed by atoms with Gasteiger partial charge in [-0.1, -0.05) is 12.1 Å². The third-order valence-corrected chi connectivity index (χ3v) is 3.17. The molecule has 0 saturated carbocycles. The van der Waals surface area contributed by atoms with Crippen molar-refractivity contribution < 1.29 is 24.9 Å². The summed E-state index contributed by atoms with van der Waals surface area (Å²) in [4.78, 5) is 22.5. The highest BCUT2D eigenvalue weighted by molar-refractivity contribution is 7.85. The lowest BCUT2D eigenvalue weighted by molar-refractivity contribution is 0.356. The first kappa shape index (κ1) is 19.7. The van der Waals surface area contributed by atoms with Gasteiger partial charge in [0, 0.05) is 11.1 Å². The summed E-state index contributed by atoms with van der Waals surface area (Å²) < 4.78 is 0. The highest BCUT2D eigenvalue weighted by Gasteiger charge is 2.24. The van der Waals surface area contributed by atoms with Crippen LogP contribution in [0.15, 0.2) is 24.3 Å². The van der Waals surface area contributed by atoms with E-state index in [0.29, 0.717) is 0 Å². The molecule has 0 radical (unpaired) electrons. The number of hydrogen-bond donors (Lipinski definition) is 5. The van der Waals surface area contributed by atoms with E-state index in [4.69, 9.17) is 14.7 Å². The summed E-state index contributed by atoms with van der Waals surface area (Å²) in [5.74, 6) is 0.435. The zero-order chi connectivity index (χ0) is 17.9. The summed E-state index contributed by atoms with van der Waals surface area (Å²) in [7, 11) is -3.92. The Hall–Kier alpha value is -1.36. The smallest absolute Gasteiger partial charge is 0.507 e. The number of hydrogen-bond acceptors (Lipinski definition) is 5. The van der Waals surface area contributed by atoms with E-state index >= 15 is 0 Å². The van der Waals surface area contributed by atoms with Crippen molar-refractivity contribution in [2.75, 3.05) is 0 Å². The molecule has 5 nitrogen and oxygen atoms in total. The van der Waals surface area contributed by atoms with Crippen LogP contribution in [0.2, 0.25) is 0 Å². The van der Waals surface area contributed by atoms with Gasteiger partial charge < -0.3 is 10.2 Å². The predicted molar refractivity (Wildman–Crippen MR) is 93.6 cm³/mol. The Morgan fingerprint density at radius 2 is 0.957 bits per heavy atom. The van der Waals surface area contributed by atoms with Crippen LogP contribution in [0.3, 0.4) is 0 Å². The van der Waals surface area contributed by atoms with E-state index in [1.165, 1.54) is 0 Å². The van der Waals surface area contributed by atoms with E-state index in [-0.39, 0.29) is 11.5 Å². The number of aryl methyl sites for hydroxylation is 4. The molecule has 0 atom stereocenters. The number of benzene rings is 2. The Balaban J connectivity index is 0.000000463. The molecule has 2 aromatic carbocycles. The van der Waals surface area contributed by atoms with Crippen LogP contribution in [-0.2, 0) is 0 Å². The molecule has 0 aliphatic carbocycles. The minimum atomic E-state index is -3.92. The lowest BCUT2D eigenvalue weighted by atomic mass is 9.92. The van der Waals surface area contributed by atoms with Gasteiger partial charge in [-0.3, -0.25) is 0 Å². The molecule has 0 amide bonds. The summed E-state index contributed by atoms with van der Waals surface area (Å²) in [5.41, 5.74) is 5.40. The van der Waals surface area contributed by atoms with Gasteiger partial charge in [-0.05, 0) is 62.1 Å². The van der Waals surface area contributed by atoms with E-state index in [0.717, 1.165) is 33.4 Å². The largest absolute Gasteiger partial charge is 0.516 e. The summed E-state index contributed by atoms with van der Waals surface area (Å²) in [6.45, 7) is 7.78. The van der Waals surface area contributed by atoms with Gasteiger partial charge in [0.15, 0.2) is 11.2 Å². The zero-order valence-electron chi connectivity index (χ0n) is 13.4. The summed E-state index contributed by atoms with van der Waals surface area (Å²) in [6, 6.07) is 7.46. The van der Waals surface area contributed by atoms with Crippen molar-refractivity contribution in [1.29, 1.82) is 0 Å². The third kappa shape index (κ3) is 5.98. The third-order valence-electron chi connectivity index (χ3n) is 3.17. The van der Waals surface area contributed by atoms with Crippen LogP contribution in [-0.4, -0.2) is 24.9 Å². The highest BCUT2D eigenvalue weighted by Crippen LogP contribution is 2.50. The molecule has 0 aromatic heterocycles. The molecule has 126 valence electrons. The second kappa shape index (κ2) is 7.47. The summed E-state index contributed by atoms with van der Waals surface area (Å²) in [6.07, 6.45) is 0. The SMILES string of the molecule is Cc1cc(C)c(-c2c(C)cc(C)cc2O)c(O)c1.O[P+](O)(O)Cl. The Morgan fingerprint density at radius 3 is 1.17 bits per heavy atom. The van der Waals surface area contributed by atoms with Gasteiger partial charge >= 0.3 is 7.30 Å². The number of halogens is 1. The molecule has 2 aromatic rings. The summed E-state index contributed by atoms with van der Waals surface area (Å²) in [5, 5.41) is 20.3. The summed E-state index contributed by atoms with van der Waals surface area (Å²) >= 11 is 4.31. The van der Waals surface area contributed by atoms with Crippen LogP contribution in [0, 0.1) is 27.7 Å². The van der Waals surface area contributed by atoms with E-state index in [1.54, 1.807) is 12.1 Å². The molecule has 0 fully saturated rings. The molecule has 23 heavy (non-hydrogen) atoms. The minimum absolute atomic E-state index is 0.217. The number of phenolic OH excluding ortho intramolecular Hbond substituents is 2. The van der Waals surface area contributed by atoms with Crippen LogP contribution in [0.4, 0.5) is 0 Å². The number of phenols is 2. The zero-order valence-corrected chi connectivity index (χ0v) is 15.0. The maximum absolute atomic E-state index is 10.1. The minimum Gasteiger partial charge on any atom is -0.507 e. The van der Waals surface area contributed by atoms with Gasteiger partial charge in [-0.2, -0.15) is 14.7 Å². The first-order valence-corrected chi connectivity index (χ1v) is 9.33. The van der Waals surface area contributed by atoms with Crippen molar-refractivity contribution in [3.05, 3.63) is 46.5 Å². The number of rotatable bonds is 1. The fourth-order valence-corrected chi connectivity index (χ4v) is 2.54. The van der Waals surface area contributed by atoms with Crippen molar-refractivity contribution >= 4 is 18.5 Å². The maximum Gasteiger partial charge on any atom is 0.516 e. The molecule has 0 aliphatic heterocycles. The van der Waals surface area contributed by atoms with Crippen molar-refractivity contribution in [2.24, 2.45) is 0 Å². The van der Waals surface area contributed by atoms with Gasteiger partial charge in [0.05, 0.1) is 0 Å². The Morgan fingerprint density at radius 1 is 0.696 bits per heavy atom. The normalized spacial score (nSPS) is 11.0. The Labute approximate surface area is 140 Å². The Bertz CT molecular complexity index is 603.